The van der Waals surface area contributed by atoms with Crippen LogP contribution in [0.3, 0.4) is 0 Å². The summed E-state index contributed by atoms with van der Waals surface area (Å²) in [6, 6.07) is 21.8. The summed E-state index contributed by atoms with van der Waals surface area (Å²) in [4.78, 5) is 20.9. The number of carbonyl (C=O) groups excluding carboxylic acids is 1. The molecule has 3 aromatic carbocycles. The predicted molar refractivity (Wildman–Crippen MR) is 226 cm³/mol. The molecule has 12 nitrogen and oxygen atoms in total. The standard InChI is InChI=1S/C44H46ClN7O5S/c1-49-42-34(33(9-7-19-53)43(49)44(55)57-4)15-16-35(45)39(42)40-36(48-52-18-6-10-37(40)52)25-51(23-27-11-13-31(56-3)14-12-27)24-29-21-30(50(2)47-29)26-58-32-20-28-8-5-17-46-41(28)38(54)22-32/h5,8,11-17,20-22,53-54H,6-7,9-10,18-19,23-26H2,1-4H3. The molecular formula is C44H46ClN7O5S. The lowest BCUT2D eigenvalue weighted by Crippen LogP contribution is -2.23. The molecule has 0 atom stereocenters. The molecule has 0 bridgehead atoms. The summed E-state index contributed by atoms with van der Waals surface area (Å²) in [5.41, 5.74) is 9.67. The van der Waals surface area contributed by atoms with Gasteiger partial charge in [0.15, 0.2) is 0 Å². The van der Waals surface area contributed by atoms with Crippen LogP contribution in [0.15, 0.2) is 77.8 Å². The third kappa shape index (κ3) is 7.67. The largest absolute Gasteiger partial charge is 0.506 e. The molecule has 7 aromatic rings. The number of phenolic OH excluding ortho intramolecular Hbond substituents is 1. The Morgan fingerprint density at radius 2 is 1.83 bits per heavy atom. The van der Waals surface area contributed by atoms with Crippen molar-refractivity contribution in [1.82, 2.24) is 34.0 Å². The van der Waals surface area contributed by atoms with Crippen molar-refractivity contribution in [2.75, 3.05) is 20.8 Å². The van der Waals surface area contributed by atoms with E-state index >= 15 is 0 Å². The first-order chi connectivity index (χ1) is 28.2. The Morgan fingerprint density at radius 1 is 1.00 bits per heavy atom. The zero-order valence-corrected chi connectivity index (χ0v) is 34.6. The number of phenols is 1. The smallest absolute Gasteiger partial charge is 0.354 e. The van der Waals surface area contributed by atoms with Crippen LogP contribution in [0.4, 0.5) is 0 Å². The van der Waals surface area contributed by atoms with Gasteiger partial charge < -0.3 is 24.3 Å². The second-order valence-electron chi connectivity index (χ2n) is 14.7. The minimum absolute atomic E-state index is 0.00602. The molecule has 0 saturated carbocycles. The fourth-order valence-corrected chi connectivity index (χ4v) is 9.50. The molecule has 2 N–H and O–H groups in total. The number of aliphatic hydroxyl groups is 1. The maximum atomic E-state index is 13.3. The van der Waals surface area contributed by atoms with Gasteiger partial charge in [-0.15, -0.1) is 11.8 Å². The average Bonchev–Trinajstić information content (AvgIpc) is 3.98. The highest BCUT2D eigenvalue weighted by atomic mass is 35.5. The summed E-state index contributed by atoms with van der Waals surface area (Å²) in [7, 11) is 6.90. The van der Waals surface area contributed by atoms with Gasteiger partial charge in [0, 0.05) is 97.0 Å². The van der Waals surface area contributed by atoms with Crippen molar-refractivity contribution in [3.05, 3.63) is 118 Å². The number of carbonyl (C=O) groups is 1. The lowest BCUT2D eigenvalue weighted by molar-refractivity contribution is 0.0589. The summed E-state index contributed by atoms with van der Waals surface area (Å²) in [6.45, 7) is 2.49. The van der Waals surface area contributed by atoms with Crippen LogP contribution < -0.4 is 4.74 Å². The Balaban J connectivity index is 1.16. The van der Waals surface area contributed by atoms with Crippen LogP contribution in [0.25, 0.3) is 32.9 Å². The molecule has 5 heterocycles. The lowest BCUT2D eigenvalue weighted by Gasteiger charge is -2.22. The third-order valence-corrected chi connectivity index (χ3v) is 12.3. The first-order valence-corrected chi connectivity index (χ1v) is 20.7. The number of nitrogens with zero attached hydrogens (tertiary/aromatic N) is 7. The number of esters is 1. The van der Waals surface area contributed by atoms with E-state index in [2.05, 4.69) is 38.8 Å². The van der Waals surface area contributed by atoms with Gasteiger partial charge in [0.2, 0.25) is 0 Å². The summed E-state index contributed by atoms with van der Waals surface area (Å²) in [5, 5.41) is 33.0. The zero-order chi connectivity index (χ0) is 40.5. The maximum Gasteiger partial charge on any atom is 0.354 e. The van der Waals surface area contributed by atoms with Crippen molar-refractivity contribution in [3.63, 3.8) is 0 Å². The number of benzene rings is 3. The van der Waals surface area contributed by atoms with Crippen molar-refractivity contribution >= 4 is 51.1 Å². The van der Waals surface area contributed by atoms with Crippen molar-refractivity contribution in [2.24, 2.45) is 14.1 Å². The number of methoxy groups -OCH3 is 2. The molecule has 0 amide bonds. The van der Waals surface area contributed by atoms with E-state index in [0.717, 1.165) is 91.4 Å². The maximum absolute atomic E-state index is 13.3. The van der Waals surface area contributed by atoms with Crippen LogP contribution in [0.5, 0.6) is 11.5 Å². The van der Waals surface area contributed by atoms with Crippen molar-refractivity contribution < 1.29 is 24.5 Å². The molecule has 0 spiro atoms. The Kier molecular flexibility index (Phi) is 11.5. The van der Waals surface area contributed by atoms with Gasteiger partial charge in [0.1, 0.15) is 22.7 Å². The number of rotatable bonds is 15. The average molecular weight is 820 g/mol. The fourth-order valence-electron chi connectivity index (χ4n) is 8.26. The number of hydrogen-bond donors (Lipinski definition) is 2. The molecule has 0 saturated heterocycles. The van der Waals surface area contributed by atoms with E-state index in [1.807, 2.05) is 59.7 Å². The van der Waals surface area contributed by atoms with Crippen LogP contribution >= 0.6 is 23.4 Å². The van der Waals surface area contributed by atoms with Gasteiger partial charge in [-0.25, -0.2) is 4.79 Å². The minimum atomic E-state index is -0.430. The van der Waals surface area contributed by atoms with E-state index in [0.29, 0.717) is 54.5 Å². The molecule has 1 aliphatic heterocycles. The van der Waals surface area contributed by atoms with E-state index in [1.165, 1.54) is 7.11 Å². The lowest BCUT2D eigenvalue weighted by atomic mass is 9.96. The molecule has 1 aliphatic rings. The van der Waals surface area contributed by atoms with Crippen LogP contribution in [0.2, 0.25) is 5.02 Å². The predicted octanol–water partition coefficient (Wildman–Crippen LogP) is 7.84. The number of halogens is 1. The number of thioether (sulfide) groups is 1. The van der Waals surface area contributed by atoms with Gasteiger partial charge in [0.05, 0.1) is 36.1 Å². The van der Waals surface area contributed by atoms with Gasteiger partial charge in [-0.3, -0.25) is 19.2 Å². The molecule has 0 aliphatic carbocycles. The Bertz CT molecular complexity index is 2630. The number of hydrogen-bond acceptors (Lipinski definition) is 10. The van der Waals surface area contributed by atoms with Gasteiger partial charge in [-0.2, -0.15) is 10.2 Å². The summed E-state index contributed by atoms with van der Waals surface area (Å²) >= 11 is 8.85. The number of aromatic hydroxyl groups is 1. The summed E-state index contributed by atoms with van der Waals surface area (Å²) in [6.07, 6.45) is 4.54. The monoisotopic (exact) mass is 819 g/mol. The number of ether oxygens (including phenoxy) is 2. The van der Waals surface area contributed by atoms with Crippen LogP contribution in [-0.2, 0) is 63.6 Å². The van der Waals surface area contributed by atoms with Crippen molar-refractivity contribution in [1.29, 1.82) is 0 Å². The molecule has 0 unspecified atom stereocenters. The Hall–Kier alpha value is -5.34. The van der Waals surface area contributed by atoms with E-state index in [4.69, 9.17) is 31.3 Å². The normalized spacial score (nSPS) is 12.6. The summed E-state index contributed by atoms with van der Waals surface area (Å²) in [5.74, 6) is 1.19. The first kappa shape index (κ1) is 39.5. The minimum Gasteiger partial charge on any atom is -0.506 e. The van der Waals surface area contributed by atoms with Gasteiger partial charge in [-0.05, 0) is 79.3 Å². The summed E-state index contributed by atoms with van der Waals surface area (Å²) < 4.78 is 16.7. The number of aryl methyl sites for hydroxylation is 4. The van der Waals surface area contributed by atoms with Gasteiger partial charge in [0.25, 0.3) is 0 Å². The molecule has 0 fully saturated rings. The number of fused-ring (bicyclic) bond motifs is 3. The molecule has 14 heteroatoms. The van der Waals surface area contributed by atoms with E-state index in [-0.39, 0.29) is 12.4 Å². The van der Waals surface area contributed by atoms with Gasteiger partial charge in [-0.1, -0.05) is 35.9 Å². The van der Waals surface area contributed by atoms with Crippen molar-refractivity contribution in [2.45, 2.75) is 62.5 Å². The molecule has 300 valence electrons. The van der Waals surface area contributed by atoms with Crippen LogP contribution in [0.1, 0.15) is 57.2 Å². The van der Waals surface area contributed by atoms with Crippen LogP contribution in [0, 0.1) is 0 Å². The molecule has 0 radical (unpaired) electrons. The van der Waals surface area contributed by atoms with Crippen LogP contribution in [-0.4, -0.2) is 71.0 Å². The fraction of sp³-hybridized carbons (Fsp3) is 0.318. The third-order valence-electron chi connectivity index (χ3n) is 10.9. The topological polar surface area (TPSA) is 133 Å². The molecular weight excluding hydrogens is 774 g/mol. The highest BCUT2D eigenvalue weighted by molar-refractivity contribution is 7.98. The van der Waals surface area contributed by atoms with E-state index in [9.17, 15) is 15.0 Å². The Labute approximate surface area is 346 Å². The second kappa shape index (κ2) is 16.9. The first-order valence-electron chi connectivity index (χ1n) is 19.3. The van der Waals surface area contributed by atoms with Gasteiger partial charge >= 0.3 is 5.97 Å². The quantitative estimate of drug-likeness (QED) is 0.0779. The highest BCUT2D eigenvalue weighted by Crippen LogP contribution is 2.44. The number of aromatic nitrogens is 6. The number of pyridine rings is 1. The molecule has 8 rings (SSSR count). The highest BCUT2D eigenvalue weighted by Gasteiger charge is 2.31. The zero-order valence-electron chi connectivity index (χ0n) is 33.0. The second-order valence-corrected chi connectivity index (χ2v) is 16.1. The van der Waals surface area contributed by atoms with Crippen molar-refractivity contribution in [3.8, 4) is 22.6 Å². The molecule has 4 aromatic heterocycles. The SMILES string of the molecule is COC(=O)c1c(CCCO)c2ccc(Cl)c(-c3c(CN(Cc4ccc(OC)cc4)Cc4cc(CSc5cc(O)c6ncccc6c5)n(C)n4)nn4c3CCC4)c2n1C. The Morgan fingerprint density at radius 3 is 2.60 bits per heavy atom. The van der Waals surface area contributed by atoms with E-state index < -0.39 is 5.97 Å². The van der Waals surface area contributed by atoms with E-state index in [1.54, 1.807) is 31.1 Å². The number of aliphatic hydroxyl groups excluding tert-OH is 1. The molecule has 58 heavy (non-hydrogen) atoms.